The first-order chi connectivity index (χ1) is 10.6. The van der Waals surface area contributed by atoms with Gasteiger partial charge in [0.25, 0.3) is 0 Å². The number of furan rings is 1. The van der Waals surface area contributed by atoms with Crippen molar-refractivity contribution in [2.45, 2.75) is 39.8 Å². The van der Waals surface area contributed by atoms with Gasteiger partial charge in [-0.25, -0.2) is 0 Å². The summed E-state index contributed by atoms with van der Waals surface area (Å²) in [7, 11) is 1.99. The molecule has 22 heavy (non-hydrogen) atoms. The highest BCUT2D eigenvalue weighted by Crippen LogP contribution is 2.37. The van der Waals surface area contributed by atoms with E-state index in [0.717, 1.165) is 37.6 Å². The first kappa shape index (κ1) is 15.3. The fourth-order valence-electron chi connectivity index (χ4n) is 3.32. The van der Waals surface area contributed by atoms with E-state index in [4.69, 9.17) is 9.15 Å². The van der Waals surface area contributed by atoms with Crippen LogP contribution in [0.3, 0.4) is 0 Å². The second-order valence-electron chi connectivity index (χ2n) is 6.21. The number of aryl methyl sites for hydroxylation is 3. The Balaban J connectivity index is 1.65. The summed E-state index contributed by atoms with van der Waals surface area (Å²) >= 11 is 0. The third-order valence-electron chi connectivity index (χ3n) is 4.72. The zero-order chi connectivity index (χ0) is 15.7. The second kappa shape index (κ2) is 6.26. The first-order valence-electron chi connectivity index (χ1n) is 7.93. The van der Waals surface area contributed by atoms with E-state index in [0.29, 0.717) is 5.92 Å². The summed E-state index contributed by atoms with van der Waals surface area (Å²) in [5.74, 6) is 1.50. The molecule has 0 spiro atoms. The molecule has 0 aliphatic carbocycles. The summed E-state index contributed by atoms with van der Waals surface area (Å²) in [4.78, 5) is 0. The summed E-state index contributed by atoms with van der Waals surface area (Å²) in [6.45, 7) is 8.79. The highest BCUT2D eigenvalue weighted by molar-refractivity contribution is 5.28. The van der Waals surface area contributed by atoms with Crippen molar-refractivity contribution in [3.05, 3.63) is 40.6 Å². The Kier molecular flexibility index (Phi) is 4.36. The number of aromatic nitrogens is 2. The summed E-state index contributed by atoms with van der Waals surface area (Å²) in [5.41, 5.74) is 4.75. The van der Waals surface area contributed by atoms with E-state index in [9.17, 15) is 0 Å². The number of nitrogens with one attached hydrogen (secondary N) is 1. The predicted octanol–water partition coefficient (Wildman–Crippen LogP) is 2.81. The fourth-order valence-corrected chi connectivity index (χ4v) is 3.32. The maximum atomic E-state index is 6.02. The zero-order valence-corrected chi connectivity index (χ0v) is 13.8. The molecule has 1 aliphatic heterocycles. The summed E-state index contributed by atoms with van der Waals surface area (Å²) in [6, 6.07) is 2.00. The SMILES string of the molecule is Cc1ccoc1CNC[C@H]1CCO[C@@H]1c1c(C)nn(C)c1C. The number of rotatable bonds is 5. The van der Waals surface area contributed by atoms with Crippen LogP contribution >= 0.6 is 0 Å². The Labute approximate surface area is 131 Å². The molecule has 0 unspecified atom stereocenters. The summed E-state index contributed by atoms with van der Waals surface area (Å²) in [5, 5.41) is 8.04. The molecule has 5 heteroatoms. The molecular formula is C17H25N3O2. The van der Waals surface area contributed by atoms with Crippen molar-refractivity contribution in [3.8, 4) is 0 Å². The van der Waals surface area contributed by atoms with Crippen LogP contribution in [0, 0.1) is 26.7 Å². The Hall–Kier alpha value is -1.59. The predicted molar refractivity (Wildman–Crippen MR) is 84.6 cm³/mol. The van der Waals surface area contributed by atoms with Crippen LogP contribution in [-0.2, 0) is 18.3 Å². The molecule has 2 aromatic heterocycles. The molecule has 1 aliphatic rings. The average Bonchev–Trinajstić information content (AvgIpc) is 3.14. The molecule has 1 fully saturated rings. The van der Waals surface area contributed by atoms with Crippen molar-refractivity contribution in [2.75, 3.05) is 13.2 Å². The van der Waals surface area contributed by atoms with Crippen molar-refractivity contribution in [1.29, 1.82) is 0 Å². The highest BCUT2D eigenvalue weighted by atomic mass is 16.5. The minimum Gasteiger partial charge on any atom is -0.468 e. The Bertz CT molecular complexity index is 644. The molecule has 120 valence electrons. The Morgan fingerprint density at radius 1 is 1.36 bits per heavy atom. The molecule has 2 atom stereocenters. The molecule has 0 radical (unpaired) electrons. The van der Waals surface area contributed by atoms with Crippen molar-refractivity contribution in [1.82, 2.24) is 15.1 Å². The van der Waals surface area contributed by atoms with Crippen LogP contribution in [-0.4, -0.2) is 22.9 Å². The second-order valence-corrected chi connectivity index (χ2v) is 6.21. The maximum absolute atomic E-state index is 6.02. The Morgan fingerprint density at radius 3 is 2.82 bits per heavy atom. The van der Waals surface area contributed by atoms with Gasteiger partial charge in [0.15, 0.2) is 0 Å². The quantitative estimate of drug-likeness (QED) is 0.923. The molecule has 3 heterocycles. The third-order valence-corrected chi connectivity index (χ3v) is 4.72. The zero-order valence-electron chi connectivity index (χ0n) is 13.8. The lowest BCUT2D eigenvalue weighted by Crippen LogP contribution is -2.25. The minimum absolute atomic E-state index is 0.152. The van der Waals surface area contributed by atoms with E-state index in [1.165, 1.54) is 16.8 Å². The van der Waals surface area contributed by atoms with Crippen molar-refractivity contribution in [2.24, 2.45) is 13.0 Å². The lowest BCUT2D eigenvalue weighted by atomic mass is 9.94. The van der Waals surface area contributed by atoms with Crippen LogP contribution in [0.2, 0.25) is 0 Å². The van der Waals surface area contributed by atoms with Crippen LogP contribution in [0.1, 0.15) is 40.8 Å². The first-order valence-corrected chi connectivity index (χ1v) is 7.93. The van der Waals surface area contributed by atoms with Gasteiger partial charge in [-0.1, -0.05) is 0 Å². The maximum Gasteiger partial charge on any atom is 0.120 e. The summed E-state index contributed by atoms with van der Waals surface area (Å²) in [6.07, 6.45) is 2.98. The molecule has 0 bridgehead atoms. The molecule has 2 aromatic rings. The molecule has 0 saturated carbocycles. The normalized spacial score (nSPS) is 21.6. The smallest absolute Gasteiger partial charge is 0.120 e. The molecule has 3 rings (SSSR count). The van der Waals surface area contributed by atoms with Gasteiger partial charge in [-0.2, -0.15) is 5.10 Å². The van der Waals surface area contributed by atoms with Crippen LogP contribution in [0.25, 0.3) is 0 Å². The van der Waals surface area contributed by atoms with Gasteiger partial charge in [0.05, 0.1) is 24.6 Å². The van der Waals surface area contributed by atoms with Crippen LogP contribution in [0.15, 0.2) is 16.7 Å². The summed E-state index contributed by atoms with van der Waals surface area (Å²) < 4.78 is 13.4. The van der Waals surface area contributed by atoms with Gasteiger partial charge >= 0.3 is 0 Å². The van der Waals surface area contributed by atoms with Gasteiger partial charge in [-0.3, -0.25) is 4.68 Å². The van der Waals surface area contributed by atoms with Gasteiger partial charge in [-0.15, -0.1) is 0 Å². The lowest BCUT2D eigenvalue weighted by Gasteiger charge is -2.19. The van der Waals surface area contributed by atoms with Crippen LogP contribution < -0.4 is 5.32 Å². The Morgan fingerprint density at radius 2 is 2.18 bits per heavy atom. The number of hydrogen-bond acceptors (Lipinski definition) is 4. The van der Waals surface area contributed by atoms with Crippen molar-refractivity contribution in [3.63, 3.8) is 0 Å². The van der Waals surface area contributed by atoms with Crippen molar-refractivity contribution < 1.29 is 9.15 Å². The van der Waals surface area contributed by atoms with E-state index in [1.807, 2.05) is 17.8 Å². The average molecular weight is 303 g/mol. The van der Waals surface area contributed by atoms with E-state index in [1.54, 1.807) is 6.26 Å². The topological polar surface area (TPSA) is 52.2 Å². The highest BCUT2D eigenvalue weighted by Gasteiger charge is 2.33. The van der Waals surface area contributed by atoms with Crippen molar-refractivity contribution >= 4 is 0 Å². The van der Waals surface area contributed by atoms with Crippen LogP contribution in [0.5, 0.6) is 0 Å². The van der Waals surface area contributed by atoms with Crippen LogP contribution in [0.4, 0.5) is 0 Å². The molecule has 0 amide bonds. The van der Waals surface area contributed by atoms with Gasteiger partial charge in [0, 0.05) is 37.4 Å². The molecule has 1 saturated heterocycles. The van der Waals surface area contributed by atoms with E-state index in [-0.39, 0.29) is 6.10 Å². The largest absolute Gasteiger partial charge is 0.468 e. The van der Waals surface area contributed by atoms with E-state index < -0.39 is 0 Å². The van der Waals surface area contributed by atoms with Gasteiger partial charge in [0.1, 0.15) is 5.76 Å². The number of ether oxygens (including phenoxy) is 1. The lowest BCUT2D eigenvalue weighted by molar-refractivity contribution is 0.0892. The molecule has 1 N–H and O–H groups in total. The molecular weight excluding hydrogens is 278 g/mol. The van der Waals surface area contributed by atoms with Gasteiger partial charge in [-0.05, 0) is 38.8 Å². The van der Waals surface area contributed by atoms with E-state index >= 15 is 0 Å². The number of nitrogens with zero attached hydrogens (tertiary/aromatic N) is 2. The fraction of sp³-hybridized carbons (Fsp3) is 0.588. The number of hydrogen-bond donors (Lipinski definition) is 1. The van der Waals surface area contributed by atoms with Gasteiger partial charge in [0.2, 0.25) is 0 Å². The monoisotopic (exact) mass is 303 g/mol. The molecule has 0 aromatic carbocycles. The van der Waals surface area contributed by atoms with E-state index in [2.05, 4.69) is 31.2 Å². The third kappa shape index (κ3) is 2.83. The van der Waals surface area contributed by atoms with Gasteiger partial charge < -0.3 is 14.5 Å². The minimum atomic E-state index is 0.152. The standard InChI is InChI=1S/C17H25N3O2/c1-11-5-7-21-15(11)10-18-9-14-6-8-22-17(14)16-12(2)19-20(4)13(16)3/h5,7,14,17-18H,6,8-10H2,1-4H3/t14-,17+/m1/s1. The molecule has 5 nitrogen and oxygen atoms in total.